The number of amides is 2. The standard InChI is InChI=1S/C6H10N2O3/c1-3-4(2-5(9)10)8-6(11)7-3/h3-4H,2H2,1H3,(H,9,10)(H2,7,8,11). The molecule has 1 heterocycles. The van der Waals surface area contributed by atoms with Gasteiger partial charge in [0.25, 0.3) is 0 Å². The Balaban J connectivity index is 2.46. The van der Waals surface area contributed by atoms with E-state index in [0.717, 1.165) is 0 Å². The first-order chi connectivity index (χ1) is 5.09. The number of hydrogen-bond donors (Lipinski definition) is 3. The maximum absolute atomic E-state index is 10.6. The monoisotopic (exact) mass is 158 g/mol. The number of aliphatic carboxylic acids is 1. The van der Waals surface area contributed by atoms with E-state index in [0.29, 0.717) is 0 Å². The molecule has 1 aliphatic rings. The first-order valence-corrected chi connectivity index (χ1v) is 3.38. The smallest absolute Gasteiger partial charge is 0.315 e. The predicted octanol–water partition coefficient (Wildman–Crippen LogP) is -0.469. The molecule has 1 saturated heterocycles. The van der Waals surface area contributed by atoms with Crippen LogP contribution in [0.5, 0.6) is 0 Å². The summed E-state index contributed by atoms with van der Waals surface area (Å²) >= 11 is 0. The van der Waals surface area contributed by atoms with E-state index in [1.54, 1.807) is 6.92 Å². The Morgan fingerprint density at radius 1 is 1.64 bits per heavy atom. The molecule has 1 rings (SSSR count). The van der Waals surface area contributed by atoms with Gasteiger partial charge in [0, 0.05) is 6.04 Å². The second kappa shape index (κ2) is 2.77. The summed E-state index contributed by atoms with van der Waals surface area (Å²) in [5.74, 6) is -0.897. The molecule has 1 aliphatic heterocycles. The number of carboxylic acids is 1. The Kier molecular flexibility index (Phi) is 1.98. The van der Waals surface area contributed by atoms with Gasteiger partial charge in [-0.2, -0.15) is 0 Å². The largest absolute Gasteiger partial charge is 0.481 e. The molecule has 0 bridgehead atoms. The predicted molar refractivity (Wildman–Crippen MR) is 37.2 cm³/mol. The second-order valence-electron chi connectivity index (χ2n) is 2.61. The number of hydrogen-bond acceptors (Lipinski definition) is 2. The van der Waals surface area contributed by atoms with Crippen molar-refractivity contribution in [3.8, 4) is 0 Å². The van der Waals surface area contributed by atoms with Gasteiger partial charge < -0.3 is 15.7 Å². The van der Waals surface area contributed by atoms with Crippen molar-refractivity contribution in [2.24, 2.45) is 0 Å². The van der Waals surface area contributed by atoms with Crippen LogP contribution in [-0.2, 0) is 4.79 Å². The molecule has 3 N–H and O–H groups in total. The van der Waals surface area contributed by atoms with E-state index in [1.165, 1.54) is 0 Å². The van der Waals surface area contributed by atoms with Gasteiger partial charge in [-0.15, -0.1) is 0 Å². The fraction of sp³-hybridized carbons (Fsp3) is 0.667. The molecule has 0 spiro atoms. The van der Waals surface area contributed by atoms with E-state index in [-0.39, 0.29) is 24.5 Å². The van der Waals surface area contributed by atoms with Gasteiger partial charge in [0.05, 0.1) is 12.5 Å². The Labute approximate surface area is 63.8 Å². The molecule has 0 saturated carbocycles. The molecule has 0 aliphatic carbocycles. The molecule has 0 aromatic carbocycles. The van der Waals surface area contributed by atoms with Crippen LogP contribution in [0.15, 0.2) is 0 Å². The van der Waals surface area contributed by atoms with E-state index in [1.807, 2.05) is 0 Å². The zero-order valence-electron chi connectivity index (χ0n) is 6.13. The van der Waals surface area contributed by atoms with Crippen LogP contribution in [0.3, 0.4) is 0 Å². The first-order valence-electron chi connectivity index (χ1n) is 3.38. The van der Waals surface area contributed by atoms with Crippen LogP contribution >= 0.6 is 0 Å². The third-order valence-electron chi connectivity index (χ3n) is 1.67. The highest BCUT2D eigenvalue weighted by molar-refractivity contribution is 5.79. The summed E-state index contributed by atoms with van der Waals surface area (Å²) in [5.41, 5.74) is 0. The van der Waals surface area contributed by atoms with Gasteiger partial charge in [-0.1, -0.05) is 0 Å². The summed E-state index contributed by atoms with van der Waals surface area (Å²) in [5, 5.41) is 13.5. The summed E-state index contributed by atoms with van der Waals surface area (Å²) in [6.07, 6.45) is -0.0279. The van der Waals surface area contributed by atoms with Gasteiger partial charge in [-0.3, -0.25) is 4.79 Å². The topological polar surface area (TPSA) is 78.4 Å². The SMILES string of the molecule is CC1NC(=O)NC1CC(=O)O. The Hall–Kier alpha value is -1.26. The number of carboxylic acid groups (broad SMARTS) is 1. The summed E-state index contributed by atoms with van der Waals surface area (Å²) in [4.78, 5) is 20.9. The number of nitrogens with one attached hydrogen (secondary N) is 2. The van der Waals surface area contributed by atoms with Crippen LogP contribution in [0.1, 0.15) is 13.3 Å². The third-order valence-corrected chi connectivity index (χ3v) is 1.67. The lowest BCUT2D eigenvalue weighted by Gasteiger charge is -2.09. The summed E-state index contributed by atoms with van der Waals surface area (Å²) in [7, 11) is 0. The molecular weight excluding hydrogens is 148 g/mol. The van der Waals surface area contributed by atoms with Crippen LogP contribution in [0.4, 0.5) is 4.79 Å². The highest BCUT2D eigenvalue weighted by Crippen LogP contribution is 2.04. The summed E-state index contributed by atoms with van der Waals surface area (Å²) in [6, 6.07) is -0.664. The minimum atomic E-state index is -0.897. The second-order valence-corrected chi connectivity index (χ2v) is 2.61. The minimum Gasteiger partial charge on any atom is -0.481 e. The van der Waals surface area contributed by atoms with Crippen LogP contribution in [0, 0.1) is 0 Å². The number of carbonyl (C=O) groups is 2. The number of carbonyl (C=O) groups excluding carboxylic acids is 1. The zero-order valence-corrected chi connectivity index (χ0v) is 6.13. The van der Waals surface area contributed by atoms with Crippen LogP contribution < -0.4 is 10.6 Å². The lowest BCUT2D eigenvalue weighted by Crippen LogP contribution is -2.33. The van der Waals surface area contributed by atoms with Crippen LogP contribution in [0.2, 0.25) is 0 Å². The van der Waals surface area contributed by atoms with Crippen molar-refractivity contribution in [3.63, 3.8) is 0 Å². The Morgan fingerprint density at radius 2 is 2.27 bits per heavy atom. The molecule has 2 unspecified atom stereocenters. The van der Waals surface area contributed by atoms with Gasteiger partial charge in [-0.05, 0) is 6.92 Å². The third kappa shape index (κ3) is 1.83. The maximum atomic E-state index is 10.6. The van der Waals surface area contributed by atoms with Crippen LogP contribution in [-0.4, -0.2) is 29.2 Å². The maximum Gasteiger partial charge on any atom is 0.315 e. The van der Waals surface area contributed by atoms with E-state index < -0.39 is 5.97 Å². The fourth-order valence-electron chi connectivity index (χ4n) is 1.06. The van der Waals surface area contributed by atoms with Crippen LogP contribution in [0.25, 0.3) is 0 Å². The molecule has 0 aromatic heterocycles. The van der Waals surface area contributed by atoms with Gasteiger partial charge in [0.2, 0.25) is 0 Å². The lowest BCUT2D eigenvalue weighted by atomic mass is 10.1. The normalized spacial score (nSPS) is 29.4. The quantitative estimate of drug-likeness (QED) is 0.508. The fourth-order valence-corrected chi connectivity index (χ4v) is 1.06. The van der Waals surface area contributed by atoms with E-state index >= 15 is 0 Å². The van der Waals surface area contributed by atoms with Gasteiger partial charge >= 0.3 is 12.0 Å². The molecule has 11 heavy (non-hydrogen) atoms. The van der Waals surface area contributed by atoms with Gasteiger partial charge in [-0.25, -0.2) is 4.79 Å². The molecule has 1 fully saturated rings. The number of urea groups is 1. The number of rotatable bonds is 2. The van der Waals surface area contributed by atoms with E-state index in [2.05, 4.69) is 10.6 Å². The highest BCUT2D eigenvalue weighted by Gasteiger charge is 2.29. The summed E-state index contributed by atoms with van der Waals surface area (Å²) < 4.78 is 0. The Bertz CT molecular complexity index is 192. The van der Waals surface area contributed by atoms with Crippen molar-refractivity contribution in [1.82, 2.24) is 10.6 Å². The average molecular weight is 158 g/mol. The minimum absolute atomic E-state index is 0.0279. The lowest BCUT2D eigenvalue weighted by molar-refractivity contribution is -0.137. The van der Waals surface area contributed by atoms with Crippen molar-refractivity contribution >= 4 is 12.0 Å². The summed E-state index contributed by atoms with van der Waals surface area (Å²) in [6.45, 7) is 1.77. The molecule has 2 atom stereocenters. The molecule has 62 valence electrons. The van der Waals surface area contributed by atoms with Crippen molar-refractivity contribution < 1.29 is 14.7 Å². The Morgan fingerprint density at radius 3 is 2.64 bits per heavy atom. The molecule has 0 aromatic rings. The van der Waals surface area contributed by atoms with Crippen molar-refractivity contribution in [3.05, 3.63) is 0 Å². The van der Waals surface area contributed by atoms with E-state index in [9.17, 15) is 9.59 Å². The van der Waals surface area contributed by atoms with Gasteiger partial charge in [0.15, 0.2) is 0 Å². The highest BCUT2D eigenvalue weighted by atomic mass is 16.4. The zero-order chi connectivity index (χ0) is 8.43. The molecular formula is C6H10N2O3. The molecule has 2 amide bonds. The average Bonchev–Trinajstić information content (AvgIpc) is 2.09. The van der Waals surface area contributed by atoms with Crippen molar-refractivity contribution in [1.29, 1.82) is 0 Å². The van der Waals surface area contributed by atoms with Gasteiger partial charge in [0.1, 0.15) is 0 Å². The molecule has 0 radical (unpaired) electrons. The molecule has 5 heteroatoms. The first kappa shape index (κ1) is 7.84. The molecule has 5 nitrogen and oxygen atoms in total. The van der Waals surface area contributed by atoms with Crippen molar-refractivity contribution in [2.75, 3.05) is 0 Å². The van der Waals surface area contributed by atoms with E-state index in [4.69, 9.17) is 5.11 Å². The van der Waals surface area contributed by atoms with Crippen molar-refractivity contribution in [2.45, 2.75) is 25.4 Å².